The Balaban J connectivity index is 1.66. The normalized spacial score (nSPS) is 10.7. The first-order chi connectivity index (χ1) is 20.1. The summed E-state index contributed by atoms with van der Waals surface area (Å²) in [5.41, 5.74) is 1.50. The van der Waals surface area contributed by atoms with E-state index in [1.165, 1.54) is 9.79 Å². The molecule has 5 aromatic rings. The summed E-state index contributed by atoms with van der Waals surface area (Å²) in [5, 5.41) is 0. The van der Waals surface area contributed by atoms with E-state index in [-0.39, 0.29) is 12.5 Å². The van der Waals surface area contributed by atoms with Crippen molar-refractivity contribution in [3.8, 4) is 23.0 Å². The Morgan fingerprint density at radius 1 is 0.634 bits per heavy atom. The Labute approximate surface area is 244 Å². The number of ether oxygens (including phenoxy) is 3. The van der Waals surface area contributed by atoms with Crippen LogP contribution in [-0.2, 0) is 22.2 Å². The average molecular weight is 563 g/mol. The van der Waals surface area contributed by atoms with Crippen LogP contribution >= 0.6 is 0 Å². The summed E-state index contributed by atoms with van der Waals surface area (Å²) in [6.45, 7) is 1.84. The van der Waals surface area contributed by atoms with E-state index in [1.54, 1.807) is 26.0 Å². The van der Waals surface area contributed by atoms with E-state index in [0.29, 0.717) is 28.7 Å². The van der Waals surface area contributed by atoms with Crippen LogP contribution in [0, 0.1) is 0 Å². The number of anilines is 1. The van der Waals surface area contributed by atoms with Crippen molar-refractivity contribution in [2.24, 2.45) is 0 Å². The summed E-state index contributed by atoms with van der Waals surface area (Å²) >= 11 is 0. The van der Waals surface area contributed by atoms with Crippen molar-refractivity contribution < 1.29 is 19.0 Å². The van der Waals surface area contributed by atoms with Gasteiger partial charge in [-0.3, -0.25) is 4.79 Å². The van der Waals surface area contributed by atoms with E-state index in [2.05, 4.69) is 60.7 Å². The Morgan fingerprint density at radius 2 is 1.22 bits per heavy atom. The SMILES string of the molecule is COc1ccc(OC)c(CN(C(C)=O)c2cc([S+](c3ccccc3)c3ccccc3)ccc2Oc2ccccc2)c1. The third-order valence-corrected chi connectivity index (χ3v) is 8.79. The smallest absolute Gasteiger partial charge is 0.224 e. The molecule has 41 heavy (non-hydrogen) atoms. The highest BCUT2D eigenvalue weighted by molar-refractivity contribution is 7.97. The molecule has 0 saturated heterocycles. The fourth-order valence-corrected chi connectivity index (χ4v) is 6.71. The molecule has 0 fully saturated rings. The Morgan fingerprint density at radius 3 is 1.78 bits per heavy atom. The lowest BCUT2D eigenvalue weighted by Gasteiger charge is -2.25. The number of nitrogens with zero attached hydrogens (tertiary/aromatic N) is 1. The molecular weight excluding hydrogens is 530 g/mol. The first-order valence-corrected chi connectivity index (χ1v) is 14.5. The van der Waals surface area contributed by atoms with Gasteiger partial charge in [0, 0.05) is 18.6 Å². The minimum Gasteiger partial charge on any atom is -0.497 e. The molecule has 5 nitrogen and oxygen atoms in total. The molecule has 0 atom stereocenters. The molecule has 0 unspecified atom stereocenters. The fourth-order valence-electron chi connectivity index (χ4n) is 4.60. The first-order valence-electron chi connectivity index (χ1n) is 13.3. The molecule has 0 aliphatic carbocycles. The number of methoxy groups -OCH3 is 2. The van der Waals surface area contributed by atoms with Gasteiger partial charge in [-0.05, 0) is 66.7 Å². The largest absolute Gasteiger partial charge is 0.497 e. The Bertz CT molecular complexity index is 1550. The van der Waals surface area contributed by atoms with E-state index in [1.807, 2.05) is 66.7 Å². The highest BCUT2D eigenvalue weighted by Gasteiger charge is 2.31. The second-order valence-corrected chi connectivity index (χ2v) is 11.3. The molecule has 0 radical (unpaired) electrons. The highest BCUT2D eigenvalue weighted by Crippen LogP contribution is 2.40. The van der Waals surface area contributed by atoms with Crippen molar-refractivity contribution in [1.82, 2.24) is 0 Å². The van der Waals surface area contributed by atoms with Crippen LogP contribution in [-0.4, -0.2) is 20.1 Å². The zero-order chi connectivity index (χ0) is 28.6. The van der Waals surface area contributed by atoms with Gasteiger partial charge in [-0.25, -0.2) is 0 Å². The zero-order valence-electron chi connectivity index (χ0n) is 23.3. The van der Waals surface area contributed by atoms with Crippen molar-refractivity contribution in [2.75, 3.05) is 19.1 Å². The van der Waals surface area contributed by atoms with Gasteiger partial charge in [0.1, 0.15) is 17.2 Å². The van der Waals surface area contributed by atoms with Crippen LogP contribution in [0.3, 0.4) is 0 Å². The fraction of sp³-hybridized carbons (Fsp3) is 0.114. The minimum atomic E-state index is -0.405. The summed E-state index contributed by atoms with van der Waals surface area (Å²) in [7, 11) is 2.84. The molecule has 0 bridgehead atoms. The average Bonchev–Trinajstić information content (AvgIpc) is 3.02. The van der Waals surface area contributed by atoms with Gasteiger partial charge < -0.3 is 19.1 Å². The highest BCUT2D eigenvalue weighted by atomic mass is 32.2. The van der Waals surface area contributed by atoms with Crippen molar-refractivity contribution >= 4 is 22.5 Å². The molecule has 0 aliphatic heterocycles. The topological polar surface area (TPSA) is 48.0 Å². The van der Waals surface area contributed by atoms with Crippen molar-refractivity contribution in [1.29, 1.82) is 0 Å². The Kier molecular flexibility index (Phi) is 8.92. The van der Waals surface area contributed by atoms with Gasteiger partial charge in [0.15, 0.2) is 20.4 Å². The molecule has 6 heteroatoms. The third kappa shape index (κ3) is 6.56. The van der Waals surface area contributed by atoms with Crippen molar-refractivity contribution in [2.45, 2.75) is 28.2 Å². The molecule has 0 N–H and O–H groups in total. The van der Waals surface area contributed by atoms with Crippen molar-refractivity contribution in [3.63, 3.8) is 0 Å². The second kappa shape index (κ2) is 13.1. The predicted octanol–water partition coefficient (Wildman–Crippen LogP) is 8.14. The number of benzene rings is 5. The van der Waals surface area contributed by atoms with E-state index < -0.39 is 10.9 Å². The number of para-hydroxylation sites is 1. The monoisotopic (exact) mass is 562 g/mol. The van der Waals surface area contributed by atoms with Crippen LogP contribution in [0.1, 0.15) is 12.5 Å². The van der Waals surface area contributed by atoms with Gasteiger partial charge in [-0.15, -0.1) is 0 Å². The van der Waals surface area contributed by atoms with Crippen molar-refractivity contribution in [3.05, 3.63) is 133 Å². The molecular formula is C35H32NO4S+. The number of hydrogen-bond acceptors (Lipinski definition) is 4. The molecule has 206 valence electrons. The maximum atomic E-state index is 13.3. The number of hydrogen-bond donors (Lipinski definition) is 0. The zero-order valence-corrected chi connectivity index (χ0v) is 24.1. The van der Waals surface area contributed by atoms with Crippen LogP contribution < -0.4 is 19.1 Å². The lowest BCUT2D eigenvalue weighted by atomic mass is 10.1. The third-order valence-electron chi connectivity index (χ3n) is 6.58. The molecule has 0 aliphatic rings. The quantitative estimate of drug-likeness (QED) is 0.161. The van der Waals surface area contributed by atoms with Crippen LogP contribution in [0.4, 0.5) is 5.69 Å². The van der Waals surface area contributed by atoms with Gasteiger partial charge in [0.25, 0.3) is 0 Å². The Hall–Kier alpha value is -4.68. The van der Waals surface area contributed by atoms with Gasteiger partial charge in [0.2, 0.25) is 5.91 Å². The van der Waals surface area contributed by atoms with E-state index >= 15 is 0 Å². The lowest BCUT2D eigenvalue weighted by molar-refractivity contribution is -0.116. The maximum absolute atomic E-state index is 13.3. The van der Waals surface area contributed by atoms with Gasteiger partial charge >= 0.3 is 0 Å². The summed E-state index contributed by atoms with van der Waals surface area (Å²) in [4.78, 5) is 18.5. The maximum Gasteiger partial charge on any atom is 0.224 e. The minimum absolute atomic E-state index is 0.121. The second-order valence-electron chi connectivity index (χ2n) is 9.26. The van der Waals surface area contributed by atoms with Crippen LogP contribution in [0.2, 0.25) is 0 Å². The van der Waals surface area contributed by atoms with Crippen LogP contribution in [0.15, 0.2) is 142 Å². The molecule has 0 aromatic heterocycles. The summed E-state index contributed by atoms with van der Waals surface area (Å²) in [6, 6.07) is 42.2. The molecule has 5 rings (SSSR count). The van der Waals surface area contributed by atoms with Gasteiger partial charge in [0.05, 0.1) is 37.3 Å². The lowest BCUT2D eigenvalue weighted by Crippen LogP contribution is -2.28. The number of carbonyl (C=O) groups excluding carboxylic acids is 1. The first kappa shape index (κ1) is 27.9. The summed E-state index contributed by atoms with van der Waals surface area (Å²) < 4.78 is 17.5. The number of amides is 1. The predicted molar refractivity (Wildman–Crippen MR) is 164 cm³/mol. The molecule has 0 saturated carbocycles. The summed E-state index contributed by atoms with van der Waals surface area (Å²) in [5.74, 6) is 2.51. The van der Waals surface area contributed by atoms with Crippen LogP contribution in [0.25, 0.3) is 0 Å². The number of rotatable bonds is 10. The molecule has 0 heterocycles. The van der Waals surface area contributed by atoms with Crippen LogP contribution in [0.5, 0.6) is 23.0 Å². The molecule has 0 spiro atoms. The van der Waals surface area contributed by atoms with E-state index in [4.69, 9.17) is 14.2 Å². The summed E-state index contributed by atoms with van der Waals surface area (Å²) in [6.07, 6.45) is 0. The van der Waals surface area contributed by atoms with E-state index in [9.17, 15) is 4.79 Å². The standard InChI is InChI=1S/C35H32NO4S/c1-26(37)36(25-27-23-29(38-2)19-21-34(27)39-3)33-24-32(20-22-35(33)40-28-13-7-4-8-14-28)41(30-15-9-5-10-16-30)31-17-11-6-12-18-31/h4-24H,25H2,1-3H3/q+1. The molecule has 5 aromatic carbocycles. The molecule has 1 amide bonds. The van der Waals surface area contributed by atoms with Gasteiger partial charge in [-0.1, -0.05) is 54.6 Å². The number of carbonyl (C=O) groups is 1. The van der Waals surface area contributed by atoms with E-state index in [0.717, 1.165) is 10.5 Å². The van der Waals surface area contributed by atoms with Gasteiger partial charge in [-0.2, -0.15) is 0 Å².